The topological polar surface area (TPSA) is 55.1 Å². The molecule has 0 bridgehead atoms. The summed E-state index contributed by atoms with van der Waals surface area (Å²) in [6.45, 7) is 8.42. The van der Waals surface area contributed by atoms with Gasteiger partial charge in [0, 0.05) is 27.7 Å². The third-order valence-corrected chi connectivity index (χ3v) is 6.50. The van der Waals surface area contributed by atoms with Crippen LogP contribution in [0.1, 0.15) is 42.3 Å². The molecule has 2 heterocycles. The molecule has 0 unspecified atom stereocenters. The van der Waals surface area contributed by atoms with E-state index in [9.17, 15) is 9.90 Å². The number of hydrogen-bond acceptors (Lipinski definition) is 3. The molecule has 3 aromatic carbocycles. The highest BCUT2D eigenvalue weighted by Crippen LogP contribution is 2.50. The Morgan fingerprint density at radius 3 is 2.16 bits per heavy atom. The average molecular weight is 423 g/mol. The first-order chi connectivity index (χ1) is 15.3. The molecule has 0 radical (unpaired) electrons. The molecule has 4 aromatic rings. The summed E-state index contributed by atoms with van der Waals surface area (Å²) in [7, 11) is 0. The van der Waals surface area contributed by atoms with Gasteiger partial charge in [0.05, 0.1) is 17.8 Å². The van der Waals surface area contributed by atoms with E-state index in [1.54, 1.807) is 0 Å². The molecule has 4 heteroatoms. The van der Waals surface area contributed by atoms with Crippen LogP contribution in [0.5, 0.6) is 5.75 Å². The lowest BCUT2D eigenvalue weighted by atomic mass is 9.74. The molecule has 0 saturated heterocycles. The fourth-order valence-electron chi connectivity index (χ4n) is 4.88. The fraction of sp³-hybridized carbons (Fsp3) is 0.214. The minimum Gasteiger partial charge on any atom is -0.507 e. The number of phenols is 1. The Balaban J connectivity index is 1.92. The van der Waals surface area contributed by atoms with Gasteiger partial charge in [-0.25, -0.2) is 0 Å². The first kappa shape index (κ1) is 20.3. The molecular weight excluding hydrogens is 396 g/mol. The van der Waals surface area contributed by atoms with Crippen LogP contribution in [0.25, 0.3) is 33.6 Å². The van der Waals surface area contributed by atoms with E-state index in [0.29, 0.717) is 12.1 Å². The van der Waals surface area contributed by atoms with Crippen molar-refractivity contribution in [2.75, 3.05) is 0 Å². The summed E-state index contributed by atoms with van der Waals surface area (Å²) < 4.78 is 2.08. The molecule has 0 saturated carbocycles. The highest BCUT2D eigenvalue weighted by Gasteiger charge is 2.38. The molecule has 5 rings (SSSR count). The fourth-order valence-corrected chi connectivity index (χ4v) is 4.88. The quantitative estimate of drug-likeness (QED) is 0.389. The zero-order valence-corrected chi connectivity index (χ0v) is 18.8. The van der Waals surface area contributed by atoms with E-state index in [1.807, 2.05) is 49.4 Å². The van der Waals surface area contributed by atoms with Gasteiger partial charge < -0.3 is 5.11 Å². The SMILES string of the molecule is CC(=O)c1cc2c(c(C)c1O)-c1c(-c3ccccc3)c(-c3ccccc3)nn1CC2(C)C. The summed E-state index contributed by atoms with van der Waals surface area (Å²) in [4.78, 5) is 12.3. The van der Waals surface area contributed by atoms with Gasteiger partial charge >= 0.3 is 0 Å². The molecule has 1 aliphatic rings. The second-order valence-corrected chi connectivity index (χ2v) is 9.22. The number of hydrogen-bond donors (Lipinski definition) is 1. The third-order valence-electron chi connectivity index (χ3n) is 6.50. The van der Waals surface area contributed by atoms with Gasteiger partial charge in [-0.3, -0.25) is 9.48 Å². The van der Waals surface area contributed by atoms with Crippen LogP contribution in [0.15, 0.2) is 66.7 Å². The standard InChI is InChI=1S/C28H26N2O2/c1-17-23-22(15-21(18(2)31)27(17)32)28(3,4)16-30-26(23)24(19-11-7-5-8-12-19)25(29-30)20-13-9-6-10-14-20/h5-15,32H,16H2,1-4H3. The zero-order chi connectivity index (χ0) is 22.6. The molecule has 1 aromatic heterocycles. The number of nitrogens with zero attached hydrogens (tertiary/aromatic N) is 2. The molecule has 0 amide bonds. The summed E-state index contributed by atoms with van der Waals surface area (Å²) in [5, 5.41) is 16.0. The smallest absolute Gasteiger partial charge is 0.163 e. The lowest BCUT2D eigenvalue weighted by Gasteiger charge is -2.35. The Morgan fingerprint density at radius 1 is 0.969 bits per heavy atom. The zero-order valence-electron chi connectivity index (χ0n) is 18.8. The molecule has 32 heavy (non-hydrogen) atoms. The number of benzene rings is 3. The number of carbonyl (C=O) groups excluding carboxylic acids is 1. The van der Waals surface area contributed by atoms with Crippen LogP contribution in [-0.2, 0) is 12.0 Å². The van der Waals surface area contributed by atoms with Crippen LogP contribution < -0.4 is 0 Å². The second kappa shape index (κ2) is 7.20. The minimum atomic E-state index is -0.251. The Bertz CT molecular complexity index is 1350. The van der Waals surface area contributed by atoms with Crippen molar-refractivity contribution in [2.45, 2.75) is 39.7 Å². The second-order valence-electron chi connectivity index (χ2n) is 9.22. The maximum atomic E-state index is 12.3. The van der Waals surface area contributed by atoms with Gasteiger partial charge in [0.25, 0.3) is 0 Å². The van der Waals surface area contributed by atoms with Crippen LogP contribution in [0.4, 0.5) is 0 Å². The number of ketones is 1. The monoisotopic (exact) mass is 422 g/mol. The van der Waals surface area contributed by atoms with Gasteiger partial charge in [-0.05, 0) is 31.0 Å². The number of phenolic OH excluding ortho intramolecular Hbond substituents is 1. The number of rotatable bonds is 3. The lowest BCUT2D eigenvalue weighted by Crippen LogP contribution is -2.31. The van der Waals surface area contributed by atoms with Crippen molar-refractivity contribution in [2.24, 2.45) is 0 Å². The average Bonchev–Trinajstić information content (AvgIpc) is 3.14. The summed E-state index contributed by atoms with van der Waals surface area (Å²) in [5.74, 6) is -0.0708. The number of carbonyl (C=O) groups is 1. The molecule has 1 N–H and O–H groups in total. The van der Waals surface area contributed by atoms with Crippen molar-refractivity contribution in [3.63, 3.8) is 0 Å². The van der Waals surface area contributed by atoms with E-state index in [1.165, 1.54) is 6.92 Å². The van der Waals surface area contributed by atoms with E-state index in [-0.39, 0.29) is 16.9 Å². The van der Waals surface area contributed by atoms with E-state index in [2.05, 4.69) is 42.8 Å². The molecular formula is C28H26N2O2. The van der Waals surface area contributed by atoms with Crippen molar-refractivity contribution < 1.29 is 9.90 Å². The largest absolute Gasteiger partial charge is 0.507 e. The van der Waals surface area contributed by atoms with Gasteiger partial charge in [-0.15, -0.1) is 0 Å². The predicted molar refractivity (Wildman–Crippen MR) is 128 cm³/mol. The minimum absolute atomic E-state index is 0.0574. The van der Waals surface area contributed by atoms with Crippen molar-refractivity contribution in [1.29, 1.82) is 0 Å². The Morgan fingerprint density at radius 2 is 1.56 bits per heavy atom. The van der Waals surface area contributed by atoms with Gasteiger partial charge in [-0.1, -0.05) is 74.5 Å². The molecule has 0 aliphatic carbocycles. The molecule has 160 valence electrons. The number of aromatic nitrogens is 2. The van der Waals surface area contributed by atoms with Crippen LogP contribution in [0, 0.1) is 6.92 Å². The summed E-state index contributed by atoms with van der Waals surface area (Å²) in [6.07, 6.45) is 0. The van der Waals surface area contributed by atoms with E-state index in [4.69, 9.17) is 5.10 Å². The van der Waals surface area contributed by atoms with E-state index >= 15 is 0 Å². The van der Waals surface area contributed by atoms with Crippen LogP contribution in [0.2, 0.25) is 0 Å². The van der Waals surface area contributed by atoms with Crippen LogP contribution >= 0.6 is 0 Å². The Labute approximate surface area is 188 Å². The molecule has 4 nitrogen and oxygen atoms in total. The van der Waals surface area contributed by atoms with Gasteiger partial charge in [-0.2, -0.15) is 5.10 Å². The highest BCUT2D eigenvalue weighted by atomic mass is 16.3. The van der Waals surface area contributed by atoms with Crippen LogP contribution in [0.3, 0.4) is 0 Å². The molecule has 0 atom stereocenters. The Kier molecular flexibility index (Phi) is 4.55. The van der Waals surface area contributed by atoms with E-state index in [0.717, 1.165) is 44.8 Å². The van der Waals surface area contributed by atoms with E-state index < -0.39 is 0 Å². The lowest BCUT2D eigenvalue weighted by molar-refractivity contribution is 0.101. The predicted octanol–water partition coefficient (Wildman–Crippen LogP) is 6.39. The van der Waals surface area contributed by atoms with Crippen molar-refractivity contribution >= 4 is 5.78 Å². The van der Waals surface area contributed by atoms with Crippen molar-refractivity contribution in [3.8, 4) is 39.4 Å². The van der Waals surface area contributed by atoms with Crippen LogP contribution in [-0.4, -0.2) is 20.7 Å². The van der Waals surface area contributed by atoms with Crippen molar-refractivity contribution in [3.05, 3.63) is 83.4 Å². The molecule has 0 fully saturated rings. The maximum absolute atomic E-state index is 12.3. The number of Topliss-reactive ketones (excluding diaryl/α,β-unsaturated/α-hetero) is 1. The third kappa shape index (κ3) is 2.98. The number of aromatic hydroxyl groups is 1. The van der Waals surface area contributed by atoms with Gasteiger partial charge in [0.1, 0.15) is 11.4 Å². The maximum Gasteiger partial charge on any atom is 0.163 e. The normalized spacial score (nSPS) is 14.0. The van der Waals surface area contributed by atoms with Gasteiger partial charge in [0.2, 0.25) is 0 Å². The Hall–Kier alpha value is -3.66. The summed E-state index contributed by atoms with van der Waals surface area (Å²) >= 11 is 0. The summed E-state index contributed by atoms with van der Waals surface area (Å²) in [6, 6.07) is 22.4. The number of fused-ring (bicyclic) bond motifs is 3. The first-order valence-corrected chi connectivity index (χ1v) is 10.9. The molecule has 0 spiro atoms. The van der Waals surface area contributed by atoms with Crippen molar-refractivity contribution in [1.82, 2.24) is 9.78 Å². The summed E-state index contributed by atoms with van der Waals surface area (Å²) in [5.41, 5.74) is 7.98. The highest BCUT2D eigenvalue weighted by molar-refractivity contribution is 6.01. The van der Waals surface area contributed by atoms with Gasteiger partial charge in [0.15, 0.2) is 5.78 Å². The first-order valence-electron chi connectivity index (χ1n) is 10.9. The molecule has 1 aliphatic heterocycles.